The molecule has 1 aromatic heterocycles. The van der Waals surface area contributed by atoms with Gasteiger partial charge in [0.2, 0.25) is 0 Å². The summed E-state index contributed by atoms with van der Waals surface area (Å²) in [5, 5.41) is 0.561. The minimum absolute atomic E-state index is 0.561. The van der Waals surface area contributed by atoms with E-state index in [0.717, 1.165) is 5.69 Å². The van der Waals surface area contributed by atoms with E-state index in [1.165, 1.54) is 30.4 Å². The Labute approximate surface area is 106 Å². The molecule has 3 rings (SSSR count). The zero-order chi connectivity index (χ0) is 11.7. The minimum atomic E-state index is 0.561. The molecule has 0 bridgehead atoms. The van der Waals surface area contributed by atoms with Gasteiger partial charge in [-0.1, -0.05) is 48.4 Å². The van der Waals surface area contributed by atoms with E-state index in [9.17, 15) is 0 Å². The van der Waals surface area contributed by atoms with Gasteiger partial charge in [-0.2, -0.15) is 0 Å². The van der Waals surface area contributed by atoms with Crippen LogP contribution in [-0.2, 0) is 0 Å². The summed E-state index contributed by atoms with van der Waals surface area (Å²) < 4.78 is 0. The molecule has 2 heteroatoms. The average Bonchev–Trinajstić information content (AvgIpc) is 2.27. The number of hydrogen-bond acceptors (Lipinski definition) is 1. The Morgan fingerprint density at radius 3 is 2.53 bits per heavy atom. The first-order valence-corrected chi connectivity index (χ1v) is 6.44. The van der Waals surface area contributed by atoms with Crippen molar-refractivity contribution in [3.05, 3.63) is 53.2 Å². The van der Waals surface area contributed by atoms with Crippen LogP contribution in [0, 0.1) is 0 Å². The van der Waals surface area contributed by atoms with Crippen molar-refractivity contribution in [1.82, 2.24) is 4.98 Å². The predicted molar refractivity (Wildman–Crippen MR) is 71.3 cm³/mol. The fraction of sp³-hybridized carbons (Fsp3) is 0.267. The number of nitrogens with zero attached hydrogens (tertiary/aromatic N) is 1. The Bertz CT molecular complexity index is 532. The normalized spacial score (nSPS) is 15.6. The minimum Gasteiger partial charge on any atom is -0.236 e. The molecule has 1 nitrogen and oxygen atoms in total. The summed E-state index contributed by atoms with van der Waals surface area (Å²) in [5.74, 6) is 0.715. The molecule has 0 N–H and O–H groups in total. The number of hydrogen-bond donors (Lipinski definition) is 0. The van der Waals surface area contributed by atoms with Gasteiger partial charge in [0.1, 0.15) is 5.15 Å². The summed E-state index contributed by atoms with van der Waals surface area (Å²) in [6.07, 6.45) is 3.96. The third-order valence-corrected chi connectivity index (χ3v) is 3.71. The maximum Gasteiger partial charge on any atom is 0.129 e. The van der Waals surface area contributed by atoms with Crippen molar-refractivity contribution in [2.45, 2.75) is 25.2 Å². The molecule has 1 aliphatic rings. The average molecular weight is 244 g/mol. The van der Waals surface area contributed by atoms with E-state index < -0.39 is 0 Å². The molecular formula is C15H14ClN. The third-order valence-electron chi connectivity index (χ3n) is 3.50. The van der Waals surface area contributed by atoms with Crippen LogP contribution < -0.4 is 0 Å². The molecule has 0 aliphatic heterocycles. The second-order valence-corrected chi connectivity index (χ2v) is 4.95. The summed E-state index contributed by atoms with van der Waals surface area (Å²) in [6, 6.07) is 14.4. The summed E-state index contributed by atoms with van der Waals surface area (Å²) in [5.41, 5.74) is 3.65. The predicted octanol–water partition coefficient (Wildman–Crippen LogP) is 4.67. The van der Waals surface area contributed by atoms with Gasteiger partial charge in [-0.05, 0) is 36.5 Å². The van der Waals surface area contributed by atoms with Crippen molar-refractivity contribution >= 4 is 11.6 Å². The number of aromatic nitrogens is 1. The molecule has 1 aliphatic carbocycles. The number of pyridine rings is 1. The highest BCUT2D eigenvalue weighted by Crippen LogP contribution is 2.40. The Hall–Kier alpha value is -1.34. The number of rotatable bonds is 2. The van der Waals surface area contributed by atoms with Crippen molar-refractivity contribution < 1.29 is 0 Å². The maximum absolute atomic E-state index is 5.96. The second-order valence-electron chi connectivity index (χ2n) is 4.56. The molecule has 0 atom stereocenters. The number of benzene rings is 1. The van der Waals surface area contributed by atoms with Gasteiger partial charge < -0.3 is 0 Å². The van der Waals surface area contributed by atoms with Crippen LogP contribution in [0.1, 0.15) is 30.7 Å². The molecule has 1 fully saturated rings. The summed E-state index contributed by atoms with van der Waals surface area (Å²) >= 11 is 5.96. The Kier molecular flexibility index (Phi) is 2.86. The first-order chi connectivity index (χ1) is 8.34. The molecule has 86 valence electrons. The lowest BCUT2D eigenvalue weighted by atomic mass is 9.78. The quantitative estimate of drug-likeness (QED) is 0.699. The van der Waals surface area contributed by atoms with E-state index in [1.807, 2.05) is 18.2 Å². The van der Waals surface area contributed by atoms with E-state index in [2.05, 4.69) is 29.2 Å². The van der Waals surface area contributed by atoms with Crippen LogP contribution in [-0.4, -0.2) is 4.98 Å². The van der Waals surface area contributed by atoms with E-state index in [4.69, 9.17) is 11.6 Å². The molecule has 1 aromatic carbocycles. The lowest BCUT2D eigenvalue weighted by molar-refractivity contribution is 0.420. The number of halogens is 1. The summed E-state index contributed by atoms with van der Waals surface area (Å²) in [4.78, 5) is 4.41. The molecule has 0 radical (unpaired) electrons. The smallest absolute Gasteiger partial charge is 0.129 e. The third kappa shape index (κ3) is 2.07. The van der Waals surface area contributed by atoms with E-state index >= 15 is 0 Å². The molecule has 17 heavy (non-hydrogen) atoms. The molecule has 1 saturated carbocycles. The molecular weight excluding hydrogens is 230 g/mol. The zero-order valence-corrected chi connectivity index (χ0v) is 10.3. The fourth-order valence-corrected chi connectivity index (χ4v) is 2.53. The highest BCUT2D eigenvalue weighted by atomic mass is 35.5. The Balaban J connectivity index is 2.07. The van der Waals surface area contributed by atoms with E-state index in [-0.39, 0.29) is 0 Å². The van der Waals surface area contributed by atoms with Gasteiger partial charge in [-0.15, -0.1) is 0 Å². The van der Waals surface area contributed by atoms with Crippen LogP contribution in [0.15, 0.2) is 42.5 Å². The van der Waals surface area contributed by atoms with Crippen LogP contribution >= 0.6 is 11.6 Å². The van der Waals surface area contributed by atoms with Crippen molar-refractivity contribution in [3.63, 3.8) is 0 Å². The molecule has 0 unspecified atom stereocenters. The van der Waals surface area contributed by atoms with Gasteiger partial charge in [0, 0.05) is 5.56 Å². The van der Waals surface area contributed by atoms with Gasteiger partial charge in [0.15, 0.2) is 0 Å². The van der Waals surface area contributed by atoms with Crippen LogP contribution in [0.2, 0.25) is 5.15 Å². The standard InChI is InChI=1S/C15H14ClN/c16-15-10-4-9-14(17-15)13-8-2-1-7-12(13)11-5-3-6-11/h1-2,4,7-11H,3,5-6H2. The van der Waals surface area contributed by atoms with Crippen molar-refractivity contribution in [2.75, 3.05) is 0 Å². The lowest BCUT2D eigenvalue weighted by Crippen LogP contribution is -2.10. The molecule has 0 amide bonds. The summed E-state index contributed by atoms with van der Waals surface area (Å²) in [6.45, 7) is 0. The maximum atomic E-state index is 5.96. The lowest BCUT2D eigenvalue weighted by Gasteiger charge is -2.27. The zero-order valence-electron chi connectivity index (χ0n) is 9.57. The topological polar surface area (TPSA) is 12.9 Å². The van der Waals surface area contributed by atoms with Crippen LogP contribution in [0.5, 0.6) is 0 Å². The van der Waals surface area contributed by atoms with Crippen molar-refractivity contribution in [3.8, 4) is 11.3 Å². The van der Waals surface area contributed by atoms with E-state index in [1.54, 1.807) is 0 Å². The monoisotopic (exact) mass is 243 g/mol. The van der Waals surface area contributed by atoms with E-state index in [0.29, 0.717) is 11.1 Å². The first kappa shape index (κ1) is 10.8. The first-order valence-electron chi connectivity index (χ1n) is 6.06. The van der Waals surface area contributed by atoms with Gasteiger partial charge in [0.05, 0.1) is 5.69 Å². The largest absolute Gasteiger partial charge is 0.236 e. The SMILES string of the molecule is Clc1cccc(-c2ccccc2C2CCC2)n1. The van der Waals surface area contributed by atoms with Crippen LogP contribution in [0.3, 0.4) is 0 Å². The Morgan fingerprint density at radius 1 is 1.00 bits per heavy atom. The fourth-order valence-electron chi connectivity index (χ4n) is 2.36. The van der Waals surface area contributed by atoms with Crippen LogP contribution in [0.4, 0.5) is 0 Å². The molecule has 1 heterocycles. The second kappa shape index (κ2) is 4.50. The highest BCUT2D eigenvalue weighted by Gasteiger charge is 2.22. The molecule has 0 spiro atoms. The molecule has 2 aromatic rings. The summed E-state index contributed by atoms with van der Waals surface area (Å²) in [7, 11) is 0. The van der Waals surface area contributed by atoms with Crippen molar-refractivity contribution in [2.24, 2.45) is 0 Å². The highest BCUT2D eigenvalue weighted by molar-refractivity contribution is 6.29. The Morgan fingerprint density at radius 2 is 1.82 bits per heavy atom. The van der Waals surface area contributed by atoms with Gasteiger partial charge in [-0.25, -0.2) is 4.98 Å². The van der Waals surface area contributed by atoms with Gasteiger partial charge >= 0.3 is 0 Å². The van der Waals surface area contributed by atoms with Gasteiger partial charge in [-0.3, -0.25) is 0 Å². The van der Waals surface area contributed by atoms with Crippen molar-refractivity contribution in [1.29, 1.82) is 0 Å². The van der Waals surface area contributed by atoms with Gasteiger partial charge in [0.25, 0.3) is 0 Å². The molecule has 0 saturated heterocycles. The van der Waals surface area contributed by atoms with Crippen LogP contribution in [0.25, 0.3) is 11.3 Å².